The lowest BCUT2D eigenvalue weighted by molar-refractivity contribution is 0.470. The number of aromatic nitrogens is 1. The van der Waals surface area contributed by atoms with Crippen LogP contribution in [-0.2, 0) is 13.5 Å². The molecular formula is C16H21NO2. The van der Waals surface area contributed by atoms with Crippen molar-refractivity contribution >= 4 is 10.9 Å². The molecule has 1 aromatic carbocycles. The summed E-state index contributed by atoms with van der Waals surface area (Å²) >= 11 is 0. The topological polar surface area (TPSA) is 42.2 Å². The number of pyridine rings is 1. The van der Waals surface area contributed by atoms with Crippen LogP contribution in [0.3, 0.4) is 0 Å². The Hall–Kier alpha value is -1.77. The summed E-state index contributed by atoms with van der Waals surface area (Å²) in [7, 11) is 1.78. The molecule has 0 amide bonds. The number of hydrogen-bond donors (Lipinski definition) is 1. The Labute approximate surface area is 113 Å². The maximum Gasteiger partial charge on any atom is 0.257 e. The van der Waals surface area contributed by atoms with E-state index in [0.29, 0.717) is 12.0 Å². The van der Waals surface area contributed by atoms with Crippen LogP contribution in [0.4, 0.5) is 0 Å². The highest BCUT2D eigenvalue weighted by atomic mass is 16.3. The first-order valence-electron chi connectivity index (χ1n) is 6.79. The summed E-state index contributed by atoms with van der Waals surface area (Å²) in [5.41, 5.74) is 3.38. The molecule has 0 saturated heterocycles. The molecule has 102 valence electrons. The maximum absolute atomic E-state index is 12.3. The van der Waals surface area contributed by atoms with Crippen LogP contribution in [0.15, 0.2) is 16.9 Å². The highest BCUT2D eigenvalue weighted by molar-refractivity contribution is 5.90. The predicted octanol–water partition coefficient (Wildman–Crippen LogP) is 3.20. The van der Waals surface area contributed by atoms with E-state index in [1.54, 1.807) is 11.6 Å². The summed E-state index contributed by atoms with van der Waals surface area (Å²) in [6, 6.07) is 3.99. The van der Waals surface area contributed by atoms with Crippen molar-refractivity contribution in [2.24, 2.45) is 7.05 Å². The first kappa shape index (κ1) is 13.7. The van der Waals surface area contributed by atoms with E-state index in [1.165, 1.54) is 0 Å². The smallest absolute Gasteiger partial charge is 0.257 e. The first-order valence-corrected chi connectivity index (χ1v) is 6.79. The monoisotopic (exact) mass is 259 g/mol. The zero-order chi connectivity index (χ0) is 14.2. The number of benzene rings is 1. The van der Waals surface area contributed by atoms with Gasteiger partial charge in [-0.3, -0.25) is 4.79 Å². The van der Waals surface area contributed by atoms with Gasteiger partial charge in [-0.2, -0.15) is 0 Å². The van der Waals surface area contributed by atoms with Gasteiger partial charge in [-0.05, 0) is 43.9 Å². The highest BCUT2D eigenvalue weighted by Gasteiger charge is 2.15. The average molecular weight is 259 g/mol. The van der Waals surface area contributed by atoms with Crippen LogP contribution in [0, 0.1) is 13.8 Å². The van der Waals surface area contributed by atoms with E-state index in [9.17, 15) is 9.90 Å². The molecule has 0 unspecified atom stereocenters. The summed E-state index contributed by atoms with van der Waals surface area (Å²) in [5, 5.41) is 11.2. The third kappa shape index (κ3) is 2.25. The number of unbranched alkanes of at least 4 members (excludes halogenated alkanes) is 1. The minimum absolute atomic E-state index is 0.0801. The van der Waals surface area contributed by atoms with Gasteiger partial charge in [-0.25, -0.2) is 0 Å². The van der Waals surface area contributed by atoms with Crippen LogP contribution < -0.4 is 5.56 Å². The Balaban J connectivity index is 2.84. The lowest BCUT2D eigenvalue weighted by Crippen LogP contribution is -2.22. The van der Waals surface area contributed by atoms with Crippen molar-refractivity contribution in [1.29, 1.82) is 0 Å². The summed E-state index contributed by atoms with van der Waals surface area (Å²) < 4.78 is 1.65. The van der Waals surface area contributed by atoms with Gasteiger partial charge in [0.2, 0.25) is 0 Å². The molecule has 0 spiro atoms. The second-order valence-corrected chi connectivity index (χ2v) is 5.27. The molecule has 2 rings (SSSR count). The molecule has 0 bridgehead atoms. The molecule has 1 N–H and O–H groups in total. The van der Waals surface area contributed by atoms with E-state index in [1.807, 2.05) is 26.0 Å². The SMILES string of the molecule is CCCCc1c(O)c2c(C)cc(C)cc2n(C)c1=O. The lowest BCUT2D eigenvalue weighted by atomic mass is 10.0. The quantitative estimate of drug-likeness (QED) is 0.919. The molecule has 0 fully saturated rings. The fraction of sp³-hybridized carbons (Fsp3) is 0.438. The lowest BCUT2D eigenvalue weighted by Gasteiger charge is -2.14. The van der Waals surface area contributed by atoms with Crippen LogP contribution in [0.5, 0.6) is 5.75 Å². The predicted molar refractivity (Wildman–Crippen MR) is 78.9 cm³/mol. The number of rotatable bonds is 3. The van der Waals surface area contributed by atoms with Gasteiger partial charge in [0.05, 0.1) is 11.1 Å². The molecule has 19 heavy (non-hydrogen) atoms. The van der Waals surface area contributed by atoms with Gasteiger partial charge in [0.1, 0.15) is 5.75 Å². The molecular weight excluding hydrogens is 238 g/mol. The van der Waals surface area contributed by atoms with Crippen molar-refractivity contribution in [3.05, 3.63) is 39.2 Å². The molecule has 0 aliphatic heterocycles. The molecule has 0 aliphatic rings. The Morgan fingerprint density at radius 3 is 2.58 bits per heavy atom. The van der Waals surface area contributed by atoms with Gasteiger partial charge in [0.25, 0.3) is 5.56 Å². The molecule has 0 radical (unpaired) electrons. The molecule has 3 nitrogen and oxygen atoms in total. The normalized spacial score (nSPS) is 11.2. The van der Waals surface area contributed by atoms with Crippen molar-refractivity contribution in [2.75, 3.05) is 0 Å². The minimum atomic E-state index is -0.0801. The fourth-order valence-corrected chi connectivity index (χ4v) is 2.66. The van der Waals surface area contributed by atoms with E-state index in [0.717, 1.165) is 34.9 Å². The summed E-state index contributed by atoms with van der Waals surface area (Å²) in [6.07, 6.45) is 2.56. The first-order chi connectivity index (χ1) is 8.97. The Morgan fingerprint density at radius 1 is 1.26 bits per heavy atom. The Kier molecular flexibility index (Phi) is 3.65. The third-order valence-corrected chi connectivity index (χ3v) is 3.69. The summed E-state index contributed by atoms with van der Waals surface area (Å²) in [5.74, 6) is 0.170. The van der Waals surface area contributed by atoms with Crippen molar-refractivity contribution in [1.82, 2.24) is 4.57 Å². The minimum Gasteiger partial charge on any atom is -0.507 e. The van der Waals surface area contributed by atoms with Gasteiger partial charge in [-0.15, -0.1) is 0 Å². The van der Waals surface area contributed by atoms with Crippen molar-refractivity contribution in [3.63, 3.8) is 0 Å². The van der Waals surface area contributed by atoms with Gasteiger partial charge in [0, 0.05) is 12.4 Å². The van der Waals surface area contributed by atoms with Crippen molar-refractivity contribution in [3.8, 4) is 5.75 Å². The van der Waals surface area contributed by atoms with Gasteiger partial charge >= 0.3 is 0 Å². The van der Waals surface area contributed by atoms with Crippen LogP contribution in [0.25, 0.3) is 10.9 Å². The van der Waals surface area contributed by atoms with Gasteiger partial charge in [0.15, 0.2) is 0 Å². The molecule has 0 atom stereocenters. The van der Waals surface area contributed by atoms with Crippen LogP contribution in [-0.4, -0.2) is 9.67 Å². The molecule has 0 saturated carbocycles. The molecule has 1 aromatic heterocycles. The summed E-state index contributed by atoms with van der Waals surface area (Å²) in [6.45, 7) is 6.05. The largest absolute Gasteiger partial charge is 0.507 e. The van der Waals surface area contributed by atoms with Crippen LogP contribution in [0.1, 0.15) is 36.5 Å². The number of hydrogen-bond acceptors (Lipinski definition) is 2. The van der Waals surface area contributed by atoms with Crippen LogP contribution in [0.2, 0.25) is 0 Å². The van der Waals surface area contributed by atoms with E-state index in [2.05, 4.69) is 6.92 Å². The van der Waals surface area contributed by atoms with E-state index in [-0.39, 0.29) is 11.3 Å². The number of aromatic hydroxyl groups is 1. The van der Waals surface area contributed by atoms with Crippen molar-refractivity contribution in [2.45, 2.75) is 40.0 Å². The second-order valence-electron chi connectivity index (χ2n) is 5.27. The maximum atomic E-state index is 12.3. The number of fused-ring (bicyclic) bond motifs is 1. The van der Waals surface area contributed by atoms with E-state index in [4.69, 9.17) is 0 Å². The number of nitrogens with zero attached hydrogens (tertiary/aromatic N) is 1. The average Bonchev–Trinajstić information content (AvgIpc) is 2.35. The standard InChI is InChI=1S/C16H21NO2/c1-5-6-7-12-15(18)14-11(3)8-10(2)9-13(14)17(4)16(12)19/h8-9,18H,5-7H2,1-4H3. The highest BCUT2D eigenvalue weighted by Crippen LogP contribution is 2.30. The zero-order valence-corrected chi connectivity index (χ0v) is 12.1. The second kappa shape index (κ2) is 5.08. The number of aryl methyl sites for hydroxylation is 3. The van der Waals surface area contributed by atoms with Gasteiger partial charge < -0.3 is 9.67 Å². The zero-order valence-electron chi connectivity index (χ0n) is 12.1. The summed E-state index contributed by atoms with van der Waals surface area (Å²) in [4.78, 5) is 12.3. The molecule has 0 aliphatic carbocycles. The van der Waals surface area contributed by atoms with E-state index < -0.39 is 0 Å². The van der Waals surface area contributed by atoms with Crippen LogP contribution >= 0.6 is 0 Å². The Bertz CT molecular complexity index is 683. The Morgan fingerprint density at radius 2 is 1.95 bits per heavy atom. The third-order valence-electron chi connectivity index (χ3n) is 3.69. The van der Waals surface area contributed by atoms with E-state index >= 15 is 0 Å². The molecule has 3 heteroatoms. The molecule has 2 aromatic rings. The fourth-order valence-electron chi connectivity index (χ4n) is 2.66. The van der Waals surface area contributed by atoms with Gasteiger partial charge in [-0.1, -0.05) is 19.4 Å². The van der Waals surface area contributed by atoms with Crippen molar-refractivity contribution < 1.29 is 5.11 Å². The molecule has 1 heterocycles.